The fourth-order valence-electron chi connectivity index (χ4n) is 12.2. The molecule has 0 bridgehead atoms. The average molecular weight is 1440 g/mol. The molecule has 3 N–H and O–H groups in total. The van der Waals surface area contributed by atoms with E-state index in [0.29, 0.717) is 25.7 Å². The van der Waals surface area contributed by atoms with E-state index in [1.165, 1.54) is 225 Å². The van der Waals surface area contributed by atoms with Crippen LogP contribution in [0.2, 0.25) is 0 Å². The van der Waals surface area contributed by atoms with Gasteiger partial charge in [-0.2, -0.15) is 0 Å². The van der Waals surface area contributed by atoms with Gasteiger partial charge in [0.1, 0.15) is 19.3 Å². The lowest BCUT2D eigenvalue weighted by Crippen LogP contribution is -2.30. The maximum atomic E-state index is 13.1. The van der Waals surface area contributed by atoms with E-state index in [2.05, 4.69) is 41.5 Å². The quantitative estimate of drug-likeness (QED) is 0.0222. The van der Waals surface area contributed by atoms with Crippen LogP contribution in [0.4, 0.5) is 0 Å². The smallest absolute Gasteiger partial charge is 0.462 e. The van der Waals surface area contributed by atoms with E-state index in [1.807, 2.05) is 0 Å². The molecule has 17 nitrogen and oxygen atoms in total. The average Bonchev–Trinajstić information content (AvgIpc) is 1.23. The number of unbranched alkanes of at least 4 members (excludes halogenated alkanes) is 48. The van der Waals surface area contributed by atoms with Gasteiger partial charge in [0.05, 0.1) is 26.4 Å². The lowest BCUT2D eigenvalue weighted by atomic mass is 10.0. The van der Waals surface area contributed by atoms with Gasteiger partial charge >= 0.3 is 39.5 Å². The molecule has 0 aliphatic carbocycles. The molecule has 0 saturated heterocycles. The molecule has 0 aromatic carbocycles. The maximum absolute atomic E-state index is 13.1. The van der Waals surface area contributed by atoms with Gasteiger partial charge in [-0.05, 0) is 37.5 Å². The largest absolute Gasteiger partial charge is 0.472 e. The first-order valence-corrected chi connectivity index (χ1v) is 44.0. The van der Waals surface area contributed by atoms with E-state index < -0.39 is 97.5 Å². The van der Waals surface area contributed by atoms with Crippen molar-refractivity contribution in [3.63, 3.8) is 0 Å². The predicted octanol–water partition coefficient (Wildman–Crippen LogP) is 23.5. The highest BCUT2D eigenvalue weighted by Gasteiger charge is 2.30. The van der Waals surface area contributed by atoms with Crippen LogP contribution in [0.15, 0.2) is 0 Å². The SMILES string of the molecule is CCCCCCCCCCCCCCCCCCCCCCCC(=O)OC[C@H](COP(=O)(O)OC[C@@H](O)COP(=O)(O)OC[C@@H](COC(=O)CCCCCCC)OC(=O)CCCCCCCCCCC(C)C)OC(=O)CCCCCCCCCCCCCCCCCCCCC(C)C. The number of aliphatic hydroxyl groups excluding tert-OH is 1. The van der Waals surface area contributed by atoms with Gasteiger partial charge in [-0.3, -0.25) is 37.3 Å². The first-order chi connectivity index (χ1) is 47.4. The molecule has 0 amide bonds. The van der Waals surface area contributed by atoms with E-state index in [9.17, 15) is 43.2 Å². The summed E-state index contributed by atoms with van der Waals surface area (Å²) in [7, 11) is -9.90. The molecule has 2 unspecified atom stereocenters. The zero-order valence-electron chi connectivity index (χ0n) is 64.1. The molecular formula is C79H154O17P2. The summed E-state index contributed by atoms with van der Waals surface area (Å²) in [6.07, 6.45) is 60.4. The molecule has 0 aliphatic rings. The second-order valence-electron chi connectivity index (χ2n) is 29.4. The molecule has 0 radical (unpaired) electrons. The number of esters is 4. The monoisotopic (exact) mass is 1440 g/mol. The topological polar surface area (TPSA) is 237 Å². The van der Waals surface area contributed by atoms with Gasteiger partial charge in [-0.1, -0.05) is 363 Å². The first kappa shape index (κ1) is 96.1. The van der Waals surface area contributed by atoms with Crippen LogP contribution in [-0.4, -0.2) is 96.7 Å². The minimum absolute atomic E-state index is 0.104. The van der Waals surface area contributed by atoms with Crippen LogP contribution in [-0.2, 0) is 65.4 Å². The van der Waals surface area contributed by atoms with E-state index >= 15 is 0 Å². The van der Waals surface area contributed by atoms with Crippen molar-refractivity contribution in [1.29, 1.82) is 0 Å². The molecule has 0 spiro atoms. The second-order valence-corrected chi connectivity index (χ2v) is 32.3. The number of phosphoric ester groups is 2. The van der Waals surface area contributed by atoms with Gasteiger partial charge in [0.2, 0.25) is 0 Å². The molecule has 5 atom stereocenters. The minimum Gasteiger partial charge on any atom is -0.462 e. The fourth-order valence-corrected chi connectivity index (χ4v) is 13.8. The fraction of sp³-hybridized carbons (Fsp3) is 0.949. The Balaban J connectivity index is 5.10. The van der Waals surface area contributed by atoms with Crippen molar-refractivity contribution in [1.82, 2.24) is 0 Å². The molecule has 0 fully saturated rings. The highest BCUT2D eigenvalue weighted by Crippen LogP contribution is 2.45. The Labute approximate surface area is 600 Å². The third-order valence-electron chi connectivity index (χ3n) is 18.5. The molecule has 19 heteroatoms. The Morgan fingerprint density at radius 1 is 0.276 bits per heavy atom. The summed E-state index contributed by atoms with van der Waals surface area (Å²) in [5.74, 6) is -0.588. The summed E-state index contributed by atoms with van der Waals surface area (Å²) in [6, 6.07) is 0. The van der Waals surface area contributed by atoms with E-state index in [4.69, 9.17) is 37.0 Å². The molecule has 0 saturated carbocycles. The highest BCUT2D eigenvalue weighted by atomic mass is 31.2. The Kier molecular flexibility index (Phi) is 69.3. The van der Waals surface area contributed by atoms with Crippen molar-refractivity contribution in [3.05, 3.63) is 0 Å². The Morgan fingerprint density at radius 2 is 0.469 bits per heavy atom. The zero-order chi connectivity index (χ0) is 72.1. The molecular weight excluding hydrogens is 1280 g/mol. The number of aliphatic hydroxyl groups is 1. The van der Waals surface area contributed by atoms with Crippen molar-refractivity contribution in [3.8, 4) is 0 Å². The molecule has 0 heterocycles. The third-order valence-corrected chi connectivity index (χ3v) is 20.4. The molecule has 98 heavy (non-hydrogen) atoms. The molecule has 0 aromatic heterocycles. The Bertz CT molecular complexity index is 1890. The van der Waals surface area contributed by atoms with Crippen molar-refractivity contribution in [2.45, 2.75) is 432 Å². The zero-order valence-corrected chi connectivity index (χ0v) is 65.9. The number of carbonyl (C=O) groups excluding carboxylic acids is 4. The van der Waals surface area contributed by atoms with Crippen molar-refractivity contribution >= 4 is 39.5 Å². The lowest BCUT2D eigenvalue weighted by molar-refractivity contribution is -0.161. The normalized spacial score (nSPS) is 13.9. The van der Waals surface area contributed by atoms with Crippen molar-refractivity contribution in [2.24, 2.45) is 11.8 Å². The summed E-state index contributed by atoms with van der Waals surface area (Å²) in [5.41, 5.74) is 0. The van der Waals surface area contributed by atoms with E-state index in [1.54, 1.807) is 0 Å². The van der Waals surface area contributed by atoms with Crippen LogP contribution < -0.4 is 0 Å². The number of rotatable bonds is 78. The van der Waals surface area contributed by atoms with Gasteiger partial charge < -0.3 is 33.8 Å². The third kappa shape index (κ3) is 72.4. The van der Waals surface area contributed by atoms with Crippen LogP contribution in [0, 0.1) is 11.8 Å². The summed E-state index contributed by atoms with van der Waals surface area (Å²) >= 11 is 0. The van der Waals surface area contributed by atoms with Crippen molar-refractivity contribution in [2.75, 3.05) is 39.6 Å². The van der Waals surface area contributed by atoms with Crippen LogP contribution in [0.3, 0.4) is 0 Å². The maximum Gasteiger partial charge on any atom is 0.472 e. The highest BCUT2D eigenvalue weighted by molar-refractivity contribution is 7.47. The van der Waals surface area contributed by atoms with Gasteiger partial charge in [0, 0.05) is 25.7 Å². The second kappa shape index (κ2) is 70.7. The van der Waals surface area contributed by atoms with Crippen LogP contribution in [0.1, 0.15) is 414 Å². The van der Waals surface area contributed by atoms with Crippen LogP contribution >= 0.6 is 15.6 Å². The molecule has 0 aliphatic heterocycles. The van der Waals surface area contributed by atoms with Crippen molar-refractivity contribution < 1.29 is 80.2 Å². The number of hydrogen-bond acceptors (Lipinski definition) is 15. The molecule has 0 aromatic rings. The van der Waals surface area contributed by atoms with Crippen LogP contribution in [0.25, 0.3) is 0 Å². The number of hydrogen-bond donors (Lipinski definition) is 3. The Morgan fingerprint density at radius 3 is 0.694 bits per heavy atom. The molecule has 0 rings (SSSR count). The predicted molar refractivity (Wildman–Crippen MR) is 400 cm³/mol. The number of carbonyl (C=O) groups is 4. The molecule has 582 valence electrons. The standard InChI is InChI=1S/C79H154O17P2/c1-7-9-11-13-14-15-16-17-18-19-20-21-22-26-29-32-35-38-44-50-56-62-77(82)90-68-75(96-78(83)63-57-51-45-39-36-33-30-27-24-23-25-28-31-34-37-42-48-53-59-71(3)4)70-94-98(87,88)92-66-73(80)65-91-97(85,86)93-69-74(67-89-76(81)61-55-47-12-10-8-2)95-79(84)64-58-52-46-41-40-43-49-54-60-72(5)6/h71-75,80H,7-70H2,1-6H3,(H,85,86)(H,87,88)/t73-,74+,75+/m0/s1. The van der Waals surface area contributed by atoms with E-state index in [0.717, 1.165) is 108 Å². The van der Waals surface area contributed by atoms with Gasteiger partial charge in [0.15, 0.2) is 12.2 Å². The van der Waals surface area contributed by atoms with Gasteiger partial charge in [0.25, 0.3) is 0 Å². The van der Waals surface area contributed by atoms with Gasteiger partial charge in [-0.15, -0.1) is 0 Å². The Hall–Kier alpha value is -1.94. The summed E-state index contributed by atoms with van der Waals surface area (Å²) in [6.45, 7) is 9.51. The summed E-state index contributed by atoms with van der Waals surface area (Å²) < 4.78 is 68.3. The number of ether oxygens (including phenoxy) is 4. The first-order valence-electron chi connectivity index (χ1n) is 41.0. The summed E-state index contributed by atoms with van der Waals surface area (Å²) in [5, 5.41) is 10.6. The van der Waals surface area contributed by atoms with Gasteiger partial charge in [-0.25, -0.2) is 9.13 Å². The number of phosphoric acid groups is 2. The lowest BCUT2D eigenvalue weighted by Gasteiger charge is -2.21. The minimum atomic E-state index is -4.96. The van der Waals surface area contributed by atoms with Crippen LogP contribution in [0.5, 0.6) is 0 Å². The summed E-state index contributed by atoms with van der Waals surface area (Å²) in [4.78, 5) is 72.6. The van der Waals surface area contributed by atoms with E-state index in [-0.39, 0.29) is 25.7 Å².